The standard InChI is InChI=1S/C13H23NO4/c1-5-13(10(15)16)7-6-8-14(9-13)11(17)18-12(2,3)4/h5-9H2,1-4H3,(H,15,16)/t13-/m1/s1. The molecule has 1 aliphatic heterocycles. The zero-order valence-electron chi connectivity index (χ0n) is 11.7. The molecule has 0 radical (unpaired) electrons. The summed E-state index contributed by atoms with van der Waals surface area (Å²) in [6.45, 7) is 8.09. The molecule has 1 N–H and O–H groups in total. The van der Waals surface area contributed by atoms with E-state index >= 15 is 0 Å². The van der Waals surface area contributed by atoms with Gasteiger partial charge < -0.3 is 14.7 Å². The van der Waals surface area contributed by atoms with Crippen LogP contribution in [0.25, 0.3) is 0 Å². The van der Waals surface area contributed by atoms with Crippen LogP contribution in [0.4, 0.5) is 4.79 Å². The monoisotopic (exact) mass is 257 g/mol. The Labute approximate surface area is 108 Å². The summed E-state index contributed by atoms with van der Waals surface area (Å²) in [5.74, 6) is -0.821. The van der Waals surface area contributed by atoms with Crippen molar-refractivity contribution in [2.75, 3.05) is 13.1 Å². The highest BCUT2D eigenvalue weighted by atomic mass is 16.6. The number of carbonyl (C=O) groups excluding carboxylic acids is 1. The zero-order chi connectivity index (χ0) is 14.0. The molecule has 0 spiro atoms. The number of aliphatic carboxylic acids is 1. The largest absolute Gasteiger partial charge is 0.481 e. The maximum Gasteiger partial charge on any atom is 0.410 e. The Balaban J connectivity index is 2.75. The molecule has 104 valence electrons. The fourth-order valence-corrected chi connectivity index (χ4v) is 2.23. The van der Waals surface area contributed by atoms with Crippen LogP contribution in [0.1, 0.15) is 47.0 Å². The quantitative estimate of drug-likeness (QED) is 0.825. The van der Waals surface area contributed by atoms with Crippen molar-refractivity contribution in [1.82, 2.24) is 4.90 Å². The molecule has 0 aromatic heterocycles. The van der Waals surface area contributed by atoms with Crippen LogP contribution >= 0.6 is 0 Å². The van der Waals surface area contributed by atoms with Gasteiger partial charge >= 0.3 is 12.1 Å². The summed E-state index contributed by atoms with van der Waals surface area (Å²) in [5.41, 5.74) is -1.36. The van der Waals surface area contributed by atoms with Gasteiger partial charge in [-0.25, -0.2) is 4.79 Å². The summed E-state index contributed by atoms with van der Waals surface area (Å²) in [5, 5.41) is 9.34. The van der Waals surface area contributed by atoms with Gasteiger partial charge in [0.2, 0.25) is 0 Å². The third-order valence-corrected chi connectivity index (χ3v) is 3.36. The lowest BCUT2D eigenvalue weighted by Gasteiger charge is -2.39. The van der Waals surface area contributed by atoms with Gasteiger partial charge in [-0.3, -0.25) is 4.79 Å². The summed E-state index contributed by atoms with van der Waals surface area (Å²) in [4.78, 5) is 24.9. The maximum absolute atomic E-state index is 12.0. The van der Waals surface area contributed by atoms with E-state index in [0.717, 1.165) is 0 Å². The van der Waals surface area contributed by atoms with E-state index in [4.69, 9.17) is 4.74 Å². The highest BCUT2D eigenvalue weighted by Crippen LogP contribution is 2.34. The first-order valence-electron chi connectivity index (χ1n) is 6.41. The third-order valence-electron chi connectivity index (χ3n) is 3.36. The minimum absolute atomic E-state index is 0.244. The normalized spacial score (nSPS) is 24.8. The fourth-order valence-electron chi connectivity index (χ4n) is 2.23. The molecule has 1 fully saturated rings. The van der Waals surface area contributed by atoms with Crippen LogP contribution in [0.3, 0.4) is 0 Å². The number of carbonyl (C=O) groups is 2. The number of amides is 1. The Morgan fingerprint density at radius 3 is 2.44 bits per heavy atom. The smallest absolute Gasteiger partial charge is 0.410 e. The minimum atomic E-state index is -0.821. The number of ether oxygens (including phenoxy) is 1. The van der Waals surface area contributed by atoms with Gasteiger partial charge in [-0.15, -0.1) is 0 Å². The number of piperidine rings is 1. The lowest BCUT2D eigenvalue weighted by atomic mass is 9.78. The van der Waals surface area contributed by atoms with Gasteiger partial charge in [0.1, 0.15) is 5.60 Å². The Bertz CT molecular complexity index is 334. The highest BCUT2D eigenvalue weighted by Gasteiger charge is 2.42. The topological polar surface area (TPSA) is 66.8 Å². The van der Waals surface area contributed by atoms with Crippen molar-refractivity contribution >= 4 is 12.1 Å². The molecule has 0 unspecified atom stereocenters. The molecule has 0 aromatic carbocycles. The van der Waals surface area contributed by atoms with Gasteiger partial charge in [0.05, 0.1) is 5.41 Å². The van der Waals surface area contributed by atoms with Crippen molar-refractivity contribution in [3.8, 4) is 0 Å². The van der Waals surface area contributed by atoms with Crippen molar-refractivity contribution in [3.05, 3.63) is 0 Å². The average molecular weight is 257 g/mol. The first-order valence-corrected chi connectivity index (χ1v) is 6.41. The predicted octanol–water partition coefficient (Wildman–Crippen LogP) is 2.50. The number of likely N-dealkylation sites (tertiary alicyclic amines) is 1. The second-order valence-electron chi connectivity index (χ2n) is 5.94. The highest BCUT2D eigenvalue weighted by molar-refractivity contribution is 5.77. The van der Waals surface area contributed by atoms with Crippen molar-refractivity contribution in [2.24, 2.45) is 5.41 Å². The lowest BCUT2D eigenvalue weighted by molar-refractivity contribution is -0.152. The molecule has 1 amide bonds. The van der Waals surface area contributed by atoms with Crippen LogP contribution < -0.4 is 0 Å². The van der Waals surface area contributed by atoms with E-state index in [1.165, 1.54) is 4.90 Å². The Morgan fingerprint density at radius 2 is 2.00 bits per heavy atom. The van der Waals surface area contributed by atoms with Crippen LogP contribution in [-0.4, -0.2) is 40.8 Å². The van der Waals surface area contributed by atoms with E-state index in [-0.39, 0.29) is 6.54 Å². The number of hydrogen-bond acceptors (Lipinski definition) is 3. The van der Waals surface area contributed by atoms with Gasteiger partial charge in [-0.05, 0) is 40.0 Å². The van der Waals surface area contributed by atoms with Crippen LogP contribution in [0.5, 0.6) is 0 Å². The molecule has 1 atom stereocenters. The first-order chi connectivity index (χ1) is 8.20. The van der Waals surface area contributed by atoms with E-state index in [1.54, 1.807) is 20.8 Å². The fraction of sp³-hybridized carbons (Fsp3) is 0.846. The first kappa shape index (κ1) is 14.8. The van der Waals surface area contributed by atoms with Crippen LogP contribution in [0.15, 0.2) is 0 Å². The van der Waals surface area contributed by atoms with E-state index < -0.39 is 23.1 Å². The van der Waals surface area contributed by atoms with Crippen molar-refractivity contribution in [1.29, 1.82) is 0 Å². The number of rotatable bonds is 2. The molecule has 1 saturated heterocycles. The van der Waals surface area contributed by atoms with Gasteiger partial charge in [0.25, 0.3) is 0 Å². The Hall–Kier alpha value is -1.26. The molecule has 18 heavy (non-hydrogen) atoms. The van der Waals surface area contributed by atoms with Gasteiger partial charge in [-0.1, -0.05) is 6.92 Å². The molecule has 0 aliphatic carbocycles. The van der Waals surface area contributed by atoms with Crippen molar-refractivity contribution < 1.29 is 19.4 Å². The second-order valence-corrected chi connectivity index (χ2v) is 5.94. The molecule has 5 heteroatoms. The SMILES string of the molecule is CC[C@@]1(C(=O)O)CCCN(C(=O)OC(C)(C)C)C1. The molecule has 1 aliphatic rings. The van der Waals surface area contributed by atoms with E-state index in [1.807, 2.05) is 6.92 Å². The Morgan fingerprint density at radius 1 is 1.39 bits per heavy atom. The lowest BCUT2D eigenvalue weighted by Crippen LogP contribution is -2.50. The summed E-state index contributed by atoms with van der Waals surface area (Å²) >= 11 is 0. The summed E-state index contributed by atoms with van der Waals surface area (Å²) in [6, 6.07) is 0. The molecule has 5 nitrogen and oxygen atoms in total. The van der Waals surface area contributed by atoms with Gasteiger partial charge in [0, 0.05) is 13.1 Å². The molecular formula is C13H23NO4. The third kappa shape index (κ3) is 3.37. The number of carboxylic acids is 1. The number of hydrogen-bond donors (Lipinski definition) is 1. The molecule has 0 bridgehead atoms. The van der Waals surface area contributed by atoms with E-state index in [9.17, 15) is 14.7 Å². The van der Waals surface area contributed by atoms with Gasteiger partial charge in [0.15, 0.2) is 0 Å². The zero-order valence-corrected chi connectivity index (χ0v) is 11.7. The van der Waals surface area contributed by atoms with Crippen molar-refractivity contribution in [3.63, 3.8) is 0 Å². The minimum Gasteiger partial charge on any atom is -0.481 e. The Kier molecular flexibility index (Phi) is 4.24. The summed E-state index contributed by atoms with van der Waals surface area (Å²) in [6.07, 6.45) is 1.44. The van der Waals surface area contributed by atoms with Crippen molar-refractivity contribution in [2.45, 2.75) is 52.6 Å². The molecule has 1 rings (SSSR count). The second kappa shape index (κ2) is 5.16. The predicted molar refractivity (Wildman–Crippen MR) is 67.4 cm³/mol. The number of nitrogens with zero attached hydrogens (tertiary/aromatic N) is 1. The van der Waals surface area contributed by atoms with Gasteiger partial charge in [-0.2, -0.15) is 0 Å². The summed E-state index contributed by atoms with van der Waals surface area (Å²) < 4.78 is 5.29. The van der Waals surface area contributed by atoms with Crippen LogP contribution in [0, 0.1) is 5.41 Å². The molecule has 1 heterocycles. The molecule has 0 saturated carbocycles. The van der Waals surface area contributed by atoms with Crippen LogP contribution in [-0.2, 0) is 9.53 Å². The number of carboxylic acid groups (broad SMARTS) is 1. The van der Waals surface area contributed by atoms with Crippen LogP contribution in [0.2, 0.25) is 0 Å². The molecule has 0 aromatic rings. The summed E-state index contributed by atoms with van der Waals surface area (Å²) in [7, 11) is 0. The molecular weight excluding hydrogens is 234 g/mol. The van der Waals surface area contributed by atoms with E-state index in [0.29, 0.717) is 25.8 Å². The average Bonchev–Trinajstić information content (AvgIpc) is 2.26. The maximum atomic E-state index is 12.0. The van der Waals surface area contributed by atoms with E-state index in [2.05, 4.69) is 0 Å².